The molecular formula is C27H29FN4O7S. The molecule has 1 amide bonds. The van der Waals surface area contributed by atoms with E-state index in [2.05, 4.69) is 10.3 Å². The van der Waals surface area contributed by atoms with Gasteiger partial charge in [-0.25, -0.2) is 18.7 Å². The normalized spacial score (nSPS) is 16.6. The molecular weight excluding hydrogens is 543 g/mol. The highest BCUT2D eigenvalue weighted by atomic mass is 32.1. The van der Waals surface area contributed by atoms with E-state index in [0.29, 0.717) is 46.0 Å². The van der Waals surface area contributed by atoms with Crippen molar-refractivity contribution in [2.24, 2.45) is 0 Å². The van der Waals surface area contributed by atoms with Gasteiger partial charge < -0.3 is 24.3 Å². The summed E-state index contributed by atoms with van der Waals surface area (Å²) < 4.78 is 33.6. The monoisotopic (exact) mass is 572 g/mol. The van der Waals surface area contributed by atoms with Crippen LogP contribution in [0.3, 0.4) is 0 Å². The molecule has 0 aliphatic carbocycles. The van der Waals surface area contributed by atoms with Crippen molar-refractivity contribution < 1.29 is 28.2 Å². The van der Waals surface area contributed by atoms with Crippen molar-refractivity contribution >= 4 is 27.5 Å². The van der Waals surface area contributed by atoms with E-state index in [0.717, 1.165) is 22.3 Å². The number of hydrogen-bond acceptors (Lipinski definition) is 9. The summed E-state index contributed by atoms with van der Waals surface area (Å²) in [7, 11) is 1.43. The molecule has 2 N–H and O–H groups in total. The second-order valence-electron chi connectivity index (χ2n) is 9.41. The molecule has 1 fully saturated rings. The van der Waals surface area contributed by atoms with Crippen molar-refractivity contribution in [2.45, 2.75) is 44.9 Å². The van der Waals surface area contributed by atoms with Gasteiger partial charge in [0.25, 0.3) is 5.56 Å². The van der Waals surface area contributed by atoms with Crippen LogP contribution in [0.4, 0.5) is 4.39 Å². The van der Waals surface area contributed by atoms with Crippen molar-refractivity contribution in [1.29, 1.82) is 0 Å². The number of halogens is 1. The number of hydrogen-bond donors (Lipinski definition) is 2. The van der Waals surface area contributed by atoms with E-state index in [4.69, 9.17) is 13.9 Å². The maximum absolute atomic E-state index is 14.4. The Morgan fingerprint density at radius 2 is 2.12 bits per heavy atom. The lowest BCUT2D eigenvalue weighted by molar-refractivity contribution is -0.124. The standard InChI is InChI=1S/C27H29FN4O7S/c1-15-21-25(35)32(18-5-3-4-8-29-23(18)34)27(36)31(26(21)40-22(15)24-30-9-11-39-24)14-20(38-12-10-33)17-13-16(28)6-7-19(17)37-2/h6-7,9,11,13,18,20,33H,3-5,8,10,12,14H2,1-2H3,(H,29,34)/t18-,20-/m0/s1. The zero-order valence-electron chi connectivity index (χ0n) is 22.0. The Bertz CT molecular complexity index is 1640. The molecule has 1 aliphatic rings. The number of aromatic nitrogens is 3. The summed E-state index contributed by atoms with van der Waals surface area (Å²) in [5.74, 6) is -0.323. The van der Waals surface area contributed by atoms with Gasteiger partial charge in [-0.2, -0.15) is 0 Å². The maximum Gasteiger partial charge on any atom is 0.332 e. The molecule has 3 aromatic heterocycles. The Labute approximate surface area is 231 Å². The summed E-state index contributed by atoms with van der Waals surface area (Å²) in [5.41, 5.74) is -0.406. The zero-order chi connectivity index (χ0) is 28.4. The van der Waals surface area contributed by atoms with Gasteiger partial charge in [0.05, 0.1) is 43.3 Å². The third-order valence-corrected chi connectivity index (χ3v) is 8.29. The minimum absolute atomic E-state index is 0.0993. The molecule has 2 atom stereocenters. The lowest BCUT2D eigenvalue weighted by Crippen LogP contribution is -2.46. The summed E-state index contributed by atoms with van der Waals surface area (Å²) in [6.45, 7) is 1.63. The van der Waals surface area contributed by atoms with Crippen LogP contribution in [-0.2, 0) is 16.1 Å². The number of carbonyl (C=O) groups is 1. The number of oxazole rings is 1. The molecule has 1 saturated heterocycles. The number of nitrogens with one attached hydrogen (secondary N) is 1. The van der Waals surface area contributed by atoms with Crippen LogP contribution >= 0.6 is 11.3 Å². The number of aryl methyl sites for hydroxylation is 1. The number of ether oxygens (including phenoxy) is 2. The first-order valence-electron chi connectivity index (χ1n) is 12.9. The van der Waals surface area contributed by atoms with Crippen LogP contribution in [-0.4, -0.2) is 52.0 Å². The van der Waals surface area contributed by atoms with Crippen molar-refractivity contribution in [3.05, 3.63) is 68.4 Å². The molecule has 11 nitrogen and oxygen atoms in total. The summed E-state index contributed by atoms with van der Waals surface area (Å²) in [4.78, 5) is 46.2. The fraction of sp³-hybridized carbons (Fsp3) is 0.407. The minimum Gasteiger partial charge on any atom is -0.496 e. The van der Waals surface area contributed by atoms with Crippen LogP contribution in [0.2, 0.25) is 0 Å². The predicted molar refractivity (Wildman–Crippen MR) is 145 cm³/mol. The van der Waals surface area contributed by atoms with Crippen LogP contribution in [0.15, 0.2) is 44.7 Å². The van der Waals surface area contributed by atoms with Gasteiger partial charge in [-0.05, 0) is 49.9 Å². The molecule has 0 unspecified atom stereocenters. The molecule has 0 saturated carbocycles. The van der Waals surface area contributed by atoms with Crippen LogP contribution in [0.1, 0.15) is 42.5 Å². The van der Waals surface area contributed by atoms with Crippen LogP contribution in [0, 0.1) is 12.7 Å². The van der Waals surface area contributed by atoms with Gasteiger partial charge in [0, 0.05) is 12.1 Å². The lowest BCUT2D eigenvalue weighted by atomic mass is 10.1. The number of aliphatic hydroxyl groups excluding tert-OH is 1. The third-order valence-electron chi connectivity index (χ3n) is 6.98. The summed E-state index contributed by atoms with van der Waals surface area (Å²) in [6, 6.07) is 2.94. The number of fused-ring (bicyclic) bond motifs is 1. The van der Waals surface area contributed by atoms with Gasteiger partial charge >= 0.3 is 5.69 Å². The average molecular weight is 573 g/mol. The van der Waals surface area contributed by atoms with E-state index in [9.17, 15) is 23.9 Å². The topological polar surface area (TPSA) is 138 Å². The zero-order valence-corrected chi connectivity index (χ0v) is 22.8. The molecule has 5 rings (SSSR count). The van der Waals surface area contributed by atoms with Gasteiger partial charge in [-0.15, -0.1) is 11.3 Å². The van der Waals surface area contributed by atoms with Gasteiger partial charge in [0.1, 0.15) is 34.8 Å². The largest absolute Gasteiger partial charge is 0.496 e. The molecule has 4 heterocycles. The van der Waals surface area contributed by atoms with E-state index in [1.54, 1.807) is 6.92 Å². The maximum atomic E-state index is 14.4. The molecule has 1 aliphatic heterocycles. The Morgan fingerprint density at radius 1 is 1.30 bits per heavy atom. The van der Waals surface area contributed by atoms with Crippen molar-refractivity contribution in [3.63, 3.8) is 0 Å². The molecule has 40 heavy (non-hydrogen) atoms. The SMILES string of the molecule is COc1ccc(F)cc1[C@H](Cn1c(=O)n([C@H]2CCCCNC2=O)c(=O)c2c(C)c(-c3ncco3)sc21)OCCO. The van der Waals surface area contributed by atoms with Crippen LogP contribution in [0.5, 0.6) is 5.75 Å². The highest BCUT2D eigenvalue weighted by Crippen LogP contribution is 2.37. The van der Waals surface area contributed by atoms with E-state index in [1.165, 1.54) is 42.3 Å². The Balaban J connectivity index is 1.77. The summed E-state index contributed by atoms with van der Waals surface area (Å²) >= 11 is 1.15. The number of amides is 1. The summed E-state index contributed by atoms with van der Waals surface area (Å²) in [5, 5.41) is 12.5. The van der Waals surface area contributed by atoms with Crippen LogP contribution in [0.25, 0.3) is 21.0 Å². The Morgan fingerprint density at radius 3 is 2.85 bits per heavy atom. The molecule has 1 aromatic carbocycles. The lowest BCUT2D eigenvalue weighted by Gasteiger charge is -2.23. The number of thiophene rings is 1. The van der Waals surface area contributed by atoms with Gasteiger partial charge in [0.15, 0.2) is 0 Å². The number of aliphatic hydroxyl groups is 1. The highest BCUT2D eigenvalue weighted by molar-refractivity contribution is 7.22. The third kappa shape index (κ3) is 5.07. The summed E-state index contributed by atoms with van der Waals surface area (Å²) in [6.07, 6.45) is 3.66. The predicted octanol–water partition coefficient (Wildman–Crippen LogP) is 2.93. The van der Waals surface area contributed by atoms with E-state index in [-0.39, 0.29) is 31.0 Å². The highest BCUT2D eigenvalue weighted by Gasteiger charge is 2.31. The fourth-order valence-electron chi connectivity index (χ4n) is 5.07. The second kappa shape index (κ2) is 11.7. The first-order valence-corrected chi connectivity index (χ1v) is 13.7. The van der Waals surface area contributed by atoms with Gasteiger partial charge in [0.2, 0.25) is 11.8 Å². The number of benzene rings is 1. The Kier molecular flexibility index (Phi) is 8.14. The van der Waals surface area contributed by atoms with E-state index < -0.39 is 35.1 Å². The number of carbonyl (C=O) groups excluding carboxylic acids is 1. The number of methoxy groups -OCH3 is 1. The fourth-order valence-corrected chi connectivity index (χ4v) is 6.31. The molecule has 0 radical (unpaired) electrons. The smallest absolute Gasteiger partial charge is 0.332 e. The van der Waals surface area contributed by atoms with E-state index in [1.807, 2.05) is 0 Å². The van der Waals surface area contributed by atoms with Crippen molar-refractivity contribution in [2.75, 3.05) is 26.9 Å². The second-order valence-corrected chi connectivity index (χ2v) is 10.4. The van der Waals surface area contributed by atoms with Crippen molar-refractivity contribution in [3.8, 4) is 16.5 Å². The van der Waals surface area contributed by atoms with Crippen LogP contribution < -0.4 is 21.3 Å². The van der Waals surface area contributed by atoms with E-state index >= 15 is 0 Å². The first kappa shape index (κ1) is 27.7. The molecule has 0 bridgehead atoms. The number of nitrogens with zero attached hydrogens (tertiary/aromatic N) is 3. The first-order chi connectivity index (χ1) is 19.3. The van der Waals surface area contributed by atoms with Gasteiger partial charge in [-0.3, -0.25) is 14.2 Å². The molecule has 13 heteroatoms. The minimum atomic E-state index is -0.997. The quantitative estimate of drug-likeness (QED) is 0.312. The van der Waals surface area contributed by atoms with Gasteiger partial charge in [-0.1, -0.05) is 0 Å². The number of rotatable bonds is 9. The molecule has 212 valence electrons. The Hall–Kier alpha value is -3.81. The van der Waals surface area contributed by atoms with Crippen molar-refractivity contribution in [1.82, 2.24) is 19.4 Å². The molecule has 4 aromatic rings. The average Bonchev–Trinajstić information content (AvgIpc) is 3.54. The molecule has 0 spiro atoms.